The van der Waals surface area contributed by atoms with Crippen LogP contribution in [0.1, 0.15) is 31.4 Å². The molecule has 0 bridgehead atoms. The third-order valence-electron chi connectivity index (χ3n) is 3.37. The molecule has 1 rings (SSSR count). The van der Waals surface area contributed by atoms with E-state index >= 15 is 0 Å². The van der Waals surface area contributed by atoms with Crippen LogP contribution in [0.25, 0.3) is 0 Å². The highest BCUT2D eigenvalue weighted by Crippen LogP contribution is 2.08. The number of benzene rings is 1. The van der Waals surface area contributed by atoms with Gasteiger partial charge in [-0.25, -0.2) is 0 Å². The van der Waals surface area contributed by atoms with Crippen molar-refractivity contribution in [2.45, 2.75) is 33.1 Å². The molecule has 1 aromatic carbocycles. The van der Waals surface area contributed by atoms with E-state index < -0.39 is 0 Å². The van der Waals surface area contributed by atoms with Crippen LogP contribution in [-0.2, 0) is 12.8 Å². The molecule has 0 heterocycles. The summed E-state index contributed by atoms with van der Waals surface area (Å²) in [5, 5.41) is 0. The zero-order valence-electron chi connectivity index (χ0n) is 12.2. The van der Waals surface area contributed by atoms with Crippen molar-refractivity contribution >= 4 is 0 Å². The summed E-state index contributed by atoms with van der Waals surface area (Å²) in [7, 11) is 2.18. The molecule has 2 heteroatoms. The van der Waals surface area contributed by atoms with Gasteiger partial charge in [0.2, 0.25) is 0 Å². The molecular weight excluding hydrogens is 220 g/mol. The predicted molar refractivity (Wildman–Crippen MR) is 79.9 cm³/mol. The smallest absolute Gasteiger partial charge is 0.00189 e. The largest absolute Gasteiger partial charge is 0.330 e. The lowest BCUT2D eigenvalue weighted by Crippen LogP contribution is -2.29. The van der Waals surface area contributed by atoms with Crippen LogP contribution in [-0.4, -0.2) is 31.6 Å². The van der Waals surface area contributed by atoms with Crippen LogP contribution in [0.5, 0.6) is 0 Å². The fourth-order valence-corrected chi connectivity index (χ4v) is 2.18. The zero-order valence-corrected chi connectivity index (χ0v) is 12.2. The normalized spacial score (nSPS) is 12.9. The van der Waals surface area contributed by atoms with Crippen molar-refractivity contribution in [3.63, 3.8) is 0 Å². The summed E-state index contributed by atoms with van der Waals surface area (Å²) in [6.45, 7) is 7.40. The molecule has 0 saturated heterocycles. The number of likely N-dealkylation sites (N-methyl/N-ethyl adjacent to an activating group) is 1. The van der Waals surface area contributed by atoms with E-state index in [1.54, 1.807) is 0 Å². The standard InChI is InChI=1S/C16H28N2/c1-4-5-15-6-8-16(9-7-15)10-11-18(3)13-14(2)12-17/h6-9,14H,4-5,10-13,17H2,1-3H3. The van der Waals surface area contributed by atoms with Gasteiger partial charge in [-0.2, -0.15) is 0 Å². The molecule has 2 nitrogen and oxygen atoms in total. The lowest BCUT2D eigenvalue weighted by atomic mass is 10.1. The van der Waals surface area contributed by atoms with Gasteiger partial charge in [0.1, 0.15) is 0 Å². The van der Waals surface area contributed by atoms with Crippen molar-refractivity contribution in [3.05, 3.63) is 35.4 Å². The van der Waals surface area contributed by atoms with E-state index in [4.69, 9.17) is 5.73 Å². The molecule has 2 N–H and O–H groups in total. The van der Waals surface area contributed by atoms with Gasteiger partial charge in [0.05, 0.1) is 0 Å². The lowest BCUT2D eigenvalue weighted by Gasteiger charge is -2.20. The Bertz CT molecular complexity index is 318. The molecule has 0 radical (unpaired) electrons. The molecule has 102 valence electrons. The average Bonchev–Trinajstić information content (AvgIpc) is 2.38. The van der Waals surface area contributed by atoms with Gasteiger partial charge in [0.25, 0.3) is 0 Å². The molecule has 0 aliphatic heterocycles. The lowest BCUT2D eigenvalue weighted by molar-refractivity contribution is 0.292. The molecule has 0 amide bonds. The molecule has 0 saturated carbocycles. The predicted octanol–water partition coefficient (Wildman–Crippen LogP) is 2.71. The molecule has 0 spiro atoms. The van der Waals surface area contributed by atoms with Crippen molar-refractivity contribution in [1.82, 2.24) is 4.90 Å². The summed E-state index contributed by atoms with van der Waals surface area (Å²) in [6, 6.07) is 9.07. The summed E-state index contributed by atoms with van der Waals surface area (Å²) >= 11 is 0. The van der Waals surface area contributed by atoms with Gasteiger partial charge >= 0.3 is 0 Å². The summed E-state index contributed by atoms with van der Waals surface area (Å²) in [6.07, 6.45) is 3.54. The number of rotatable bonds is 8. The topological polar surface area (TPSA) is 29.3 Å². The van der Waals surface area contributed by atoms with Crippen molar-refractivity contribution in [3.8, 4) is 0 Å². The first-order valence-electron chi connectivity index (χ1n) is 7.12. The van der Waals surface area contributed by atoms with Crippen molar-refractivity contribution in [1.29, 1.82) is 0 Å². The Hall–Kier alpha value is -0.860. The zero-order chi connectivity index (χ0) is 13.4. The summed E-state index contributed by atoms with van der Waals surface area (Å²) < 4.78 is 0. The van der Waals surface area contributed by atoms with Crippen LogP contribution in [0.15, 0.2) is 24.3 Å². The average molecular weight is 248 g/mol. The summed E-state index contributed by atoms with van der Waals surface area (Å²) in [5.41, 5.74) is 8.53. The Balaban J connectivity index is 2.34. The first kappa shape index (κ1) is 15.2. The third-order valence-corrected chi connectivity index (χ3v) is 3.37. The van der Waals surface area contributed by atoms with Gasteiger partial charge in [-0.15, -0.1) is 0 Å². The number of nitrogens with zero attached hydrogens (tertiary/aromatic N) is 1. The van der Waals surface area contributed by atoms with Crippen molar-refractivity contribution in [2.24, 2.45) is 11.7 Å². The van der Waals surface area contributed by atoms with Gasteiger partial charge in [0.15, 0.2) is 0 Å². The molecule has 0 aromatic heterocycles. The SMILES string of the molecule is CCCc1ccc(CCN(C)CC(C)CN)cc1. The number of aryl methyl sites for hydroxylation is 1. The molecule has 0 fully saturated rings. The molecule has 0 aliphatic carbocycles. The second-order valence-corrected chi connectivity index (χ2v) is 5.42. The Morgan fingerprint density at radius 3 is 2.17 bits per heavy atom. The van der Waals surface area contributed by atoms with Crippen LogP contribution in [0.4, 0.5) is 0 Å². The van der Waals surface area contributed by atoms with Gasteiger partial charge < -0.3 is 10.6 Å². The Morgan fingerprint density at radius 2 is 1.67 bits per heavy atom. The first-order chi connectivity index (χ1) is 8.65. The minimum absolute atomic E-state index is 0.585. The minimum atomic E-state index is 0.585. The number of nitrogens with two attached hydrogens (primary N) is 1. The van der Waals surface area contributed by atoms with Gasteiger partial charge in [-0.05, 0) is 43.5 Å². The van der Waals surface area contributed by atoms with Crippen LogP contribution in [0.2, 0.25) is 0 Å². The summed E-state index contributed by atoms with van der Waals surface area (Å²) in [5.74, 6) is 0.585. The fourth-order valence-electron chi connectivity index (χ4n) is 2.18. The number of hydrogen-bond acceptors (Lipinski definition) is 2. The van der Waals surface area contributed by atoms with Crippen LogP contribution in [0.3, 0.4) is 0 Å². The van der Waals surface area contributed by atoms with Gasteiger partial charge in [-0.3, -0.25) is 0 Å². The Kier molecular flexibility index (Phi) is 6.99. The van der Waals surface area contributed by atoms with Crippen LogP contribution >= 0.6 is 0 Å². The Morgan fingerprint density at radius 1 is 1.11 bits per heavy atom. The second kappa shape index (κ2) is 8.28. The monoisotopic (exact) mass is 248 g/mol. The summed E-state index contributed by atoms with van der Waals surface area (Å²) in [4.78, 5) is 2.37. The van der Waals surface area contributed by atoms with E-state index in [1.165, 1.54) is 24.0 Å². The highest BCUT2D eigenvalue weighted by atomic mass is 15.1. The first-order valence-corrected chi connectivity index (χ1v) is 7.12. The molecule has 1 unspecified atom stereocenters. The maximum absolute atomic E-state index is 5.65. The molecule has 1 aromatic rings. The van der Waals surface area contributed by atoms with E-state index in [0.717, 1.165) is 26.1 Å². The van der Waals surface area contributed by atoms with E-state index in [0.29, 0.717) is 5.92 Å². The van der Waals surface area contributed by atoms with E-state index in [-0.39, 0.29) is 0 Å². The maximum Gasteiger partial charge on any atom is 0.00189 e. The molecular formula is C16H28N2. The highest BCUT2D eigenvalue weighted by Gasteiger charge is 2.04. The van der Waals surface area contributed by atoms with E-state index in [2.05, 4.69) is 50.1 Å². The fraction of sp³-hybridized carbons (Fsp3) is 0.625. The minimum Gasteiger partial charge on any atom is -0.330 e. The van der Waals surface area contributed by atoms with Crippen LogP contribution in [0, 0.1) is 5.92 Å². The van der Waals surface area contributed by atoms with Crippen molar-refractivity contribution in [2.75, 3.05) is 26.7 Å². The number of hydrogen-bond donors (Lipinski definition) is 1. The van der Waals surface area contributed by atoms with E-state index in [9.17, 15) is 0 Å². The molecule has 18 heavy (non-hydrogen) atoms. The highest BCUT2D eigenvalue weighted by molar-refractivity contribution is 5.22. The maximum atomic E-state index is 5.65. The van der Waals surface area contributed by atoms with E-state index in [1.807, 2.05) is 0 Å². The third kappa shape index (κ3) is 5.65. The van der Waals surface area contributed by atoms with Gasteiger partial charge in [0, 0.05) is 13.1 Å². The van der Waals surface area contributed by atoms with Crippen LogP contribution < -0.4 is 5.73 Å². The Labute approximate surface area is 112 Å². The second-order valence-electron chi connectivity index (χ2n) is 5.42. The van der Waals surface area contributed by atoms with Crippen molar-refractivity contribution < 1.29 is 0 Å². The van der Waals surface area contributed by atoms with Gasteiger partial charge in [-0.1, -0.05) is 44.5 Å². The molecule has 1 atom stereocenters. The quantitative estimate of drug-likeness (QED) is 0.766. The molecule has 0 aliphatic rings.